The SMILES string of the molecule is O=C(O)COc1c(C(=O)O)sc(-c2cccc(NC(C(=O)Nc3ccccc3)C3CCNCC3)c2)c1Br. The maximum atomic E-state index is 13.3. The number of hydrogen-bond acceptors (Lipinski definition) is 7. The van der Waals surface area contributed by atoms with Gasteiger partial charge in [0.15, 0.2) is 17.2 Å². The summed E-state index contributed by atoms with van der Waals surface area (Å²) in [5.41, 5.74) is 2.12. The minimum absolute atomic E-state index is 0.0249. The van der Waals surface area contributed by atoms with Gasteiger partial charge in [-0.2, -0.15) is 0 Å². The number of carboxylic acids is 2. The number of ether oxygens (including phenoxy) is 1. The third kappa shape index (κ3) is 6.68. The van der Waals surface area contributed by atoms with E-state index < -0.39 is 24.6 Å². The van der Waals surface area contributed by atoms with Crippen LogP contribution in [0.25, 0.3) is 10.4 Å². The molecule has 5 N–H and O–H groups in total. The number of carboxylic acid groups (broad SMARTS) is 2. The molecule has 1 atom stereocenters. The number of aromatic carboxylic acids is 1. The highest BCUT2D eigenvalue weighted by molar-refractivity contribution is 9.10. The number of para-hydroxylation sites is 1. The number of aliphatic carboxylic acids is 1. The van der Waals surface area contributed by atoms with Crippen LogP contribution in [-0.2, 0) is 9.59 Å². The Balaban J connectivity index is 1.61. The van der Waals surface area contributed by atoms with E-state index in [1.165, 1.54) is 0 Å². The molecular weight excluding hydrogens is 562 g/mol. The second-order valence-corrected chi connectivity index (χ2v) is 10.4. The van der Waals surface area contributed by atoms with E-state index in [9.17, 15) is 19.5 Å². The number of amides is 1. The van der Waals surface area contributed by atoms with Gasteiger partial charge in [0.1, 0.15) is 6.04 Å². The molecule has 0 bridgehead atoms. The van der Waals surface area contributed by atoms with Crippen molar-refractivity contribution < 1.29 is 29.3 Å². The van der Waals surface area contributed by atoms with E-state index >= 15 is 0 Å². The van der Waals surface area contributed by atoms with Crippen LogP contribution < -0.4 is 20.7 Å². The van der Waals surface area contributed by atoms with Crippen molar-refractivity contribution in [2.45, 2.75) is 18.9 Å². The number of carbonyl (C=O) groups excluding carboxylic acids is 1. The molecule has 9 nitrogen and oxygen atoms in total. The predicted octanol–water partition coefficient (Wildman–Crippen LogP) is 4.76. The Bertz CT molecular complexity index is 1280. The number of anilines is 2. The summed E-state index contributed by atoms with van der Waals surface area (Å²) < 4.78 is 5.63. The molecule has 2 heterocycles. The van der Waals surface area contributed by atoms with Crippen LogP contribution in [0.4, 0.5) is 11.4 Å². The highest BCUT2D eigenvalue weighted by atomic mass is 79.9. The van der Waals surface area contributed by atoms with Crippen LogP contribution in [0.1, 0.15) is 22.5 Å². The molecular formula is C26H26BrN3O6S. The molecule has 3 aromatic rings. The third-order valence-corrected chi connectivity index (χ3v) is 8.20. The summed E-state index contributed by atoms with van der Waals surface area (Å²) in [5.74, 6) is -2.45. The zero-order chi connectivity index (χ0) is 26.4. The molecule has 1 unspecified atom stereocenters. The highest BCUT2D eigenvalue weighted by Gasteiger charge is 2.30. The van der Waals surface area contributed by atoms with E-state index in [1.807, 2.05) is 54.6 Å². The van der Waals surface area contributed by atoms with E-state index in [0.717, 1.165) is 43.0 Å². The lowest BCUT2D eigenvalue weighted by atomic mass is 9.89. The lowest BCUT2D eigenvalue weighted by Gasteiger charge is -2.31. The number of benzene rings is 2. The van der Waals surface area contributed by atoms with E-state index in [2.05, 4.69) is 31.9 Å². The lowest BCUT2D eigenvalue weighted by Crippen LogP contribution is -2.45. The van der Waals surface area contributed by atoms with Gasteiger partial charge in [-0.1, -0.05) is 30.3 Å². The number of rotatable bonds is 10. The van der Waals surface area contributed by atoms with Crippen molar-refractivity contribution in [2.75, 3.05) is 30.3 Å². The normalized spacial score (nSPS) is 14.5. The molecule has 0 saturated carbocycles. The molecule has 0 radical (unpaired) electrons. The largest absolute Gasteiger partial charge is 0.479 e. The fourth-order valence-corrected chi connectivity index (χ4v) is 6.12. The van der Waals surface area contributed by atoms with Gasteiger partial charge in [-0.15, -0.1) is 11.3 Å². The molecule has 4 rings (SSSR count). The molecule has 1 aromatic heterocycles. The summed E-state index contributed by atoms with van der Waals surface area (Å²) in [6, 6.07) is 16.2. The standard InChI is InChI=1S/C26H26BrN3O6S/c27-20-22(36-14-19(31)32)24(26(34)35)37-23(20)16-5-4-8-18(13-16)29-21(15-9-11-28-12-10-15)25(33)30-17-6-2-1-3-7-17/h1-8,13,15,21,28-29H,9-12,14H2,(H,30,33)(H,31,32)(H,34,35). The average Bonchev–Trinajstić information content (AvgIpc) is 3.23. The summed E-state index contributed by atoms with van der Waals surface area (Å²) in [4.78, 5) is 36.6. The Morgan fingerprint density at radius 2 is 1.76 bits per heavy atom. The molecule has 194 valence electrons. The summed E-state index contributed by atoms with van der Waals surface area (Å²) in [7, 11) is 0. The van der Waals surface area contributed by atoms with E-state index in [4.69, 9.17) is 9.84 Å². The first kappa shape index (κ1) is 26.6. The fourth-order valence-electron chi connectivity index (χ4n) is 4.23. The number of piperidine rings is 1. The van der Waals surface area contributed by atoms with Gasteiger partial charge in [-0.05, 0) is 77.6 Å². The Labute approximate surface area is 226 Å². The summed E-state index contributed by atoms with van der Waals surface area (Å²) in [5, 5.41) is 28.3. The topological polar surface area (TPSA) is 137 Å². The molecule has 1 aliphatic rings. The monoisotopic (exact) mass is 587 g/mol. The third-order valence-electron chi connectivity index (χ3n) is 5.97. The molecule has 0 spiro atoms. The van der Waals surface area contributed by atoms with Crippen LogP contribution >= 0.6 is 27.3 Å². The number of thiophene rings is 1. The molecule has 1 aliphatic heterocycles. The Morgan fingerprint density at radius 1 is 1.05 bits per heavy atom. The van der Waals surface area contributed by atoms with Gasteiger partial charge in [0, 0.05) is 11.4 Å². The zero-order valence-corrected chi connectivity index (χ0v) is 22.1. The number of hydrogen-bond donors (Lipinski definition) is 5. The van der Waals surface area contributed by atoms with Gasteiger partial charge in [0.05, 0.1) is 9.35 Å². The van der Waals surface area contributed by atoms with Crippen molar-refractivity contribution in [3.8, 4) is 16.2 Å². The van der Waals surface area contributed by atoms with Gasteiger partial charge in [0.25, 0.3) is 0 Å². The van der Waals surface area contributed by atoms with Crippen LogP contribution in [0.3, 0.4) is 0 Å². The predicted molar refractivity (Wildman–Crippen MR) is 146 cm³/mol. The zero-order valence-electron chi connectivity index (χ0n) is 19.7. The second-order valence-electron chi connectivity index (χ2n) is 8.54. The van der Waals surface area contributed by atoms with Crippen LogP contribution in [0.5, 0.6) is 5.75 Å². The average molecular weight is 588 g/mol. The minimum atomic E-state index is -1.21. The van der Waals surface area contributed by atoms with Crippen molar-refractivity contribution in [3.63, 3.8) is 0 Å². The minimum Gasteiger partial charge on any atom is -0.479 e. The summed E-state index contributed by atoms with van der Waals surface area (Å²) in [6.07, 6.45) is 1.70. The van der Waals surface area contributed by atoms with E-state index in [-0.39, 0.29) is 22.5 Å². The molecule has 2 aromatic carbocycles. The summed E-state index contributed by atoms with van der Waals surface area (Å²) in [6.45, 7) is 1.01. The van der Waals surface area contributed by atoms with Gasteiger partial charge in [0.2, 0.25) is 5.91 Å². The van der Waals surface area contributed by atoms with Gasteiger partial charge >= 0.3 is 11.9 Å². The van der Waals surface area contributed by atoms with Gasteiger partial charge in [-0.3, -0.25) is 4.79 Å². The Morgan fingerprint density at radius 3 is 2.43 bits per heavy atom. The van der Waals surface area contributed by atoms with Crippen molar-refractivity contribution in [1.29, 1.82) is 0 Å². The molecule has 11 heteroatoms. The smallest absolute Gasteiger partial charge is 0.349 e. The van der Waals surface area contributed by atoms with Crippen molar-refractivity contribution in [2.24, 2.45) is 5.92 Å². The van der Waals surface area contributed by atoms with Crippen LogP contribution in [-0.4, -0.2) is 53.8 Å². The van der Waals surface area contributed by atoms with Crippen LogP contribution in [0.15, 0.2) is 59.1 Å². The maximum Gasteiger partial charge on any atom is 0.349 e. The lowest BCUT2D eigenvalue weighted by molar-refractivity contribution is -0.139. The Kier molecular flexibility index (Phi) is 8.80. The van der Waals surface area contributed by atoms with E-state index in [1.54, 1.807) is 0 Å². The van der Waals surface area contributed by atoms with Gasteiger partial charge in [-0.25, -0.2) is 9.59 Å². The number of halogens is 1. The molecule has 1 fully saturated rings. The van der Waals surface area contributed by atoms with Crippen LogP contribution in [0, 0.1) is 5.92 Å². The first-order valence-corrected chi connectivity index (χ1v) is 13.3. The first-order chi connectivity index (χ1) is 17.8. The second kappa shape index (κ2) is 12.2. The number of carbonyl (C=O) groups is 3. The van der Waals surface area contributed by atoms with Gasteiger partial charge < -0.3 is 30.9 Å². The molecule has 1 saturated heterocycles. The maximum absolute atomic E-state index is 13.3. The molecule has 0 aliphatic carbocycles. The van der Waals surface area contributed by atoms with Crippen molar-refractivity contribution in [3.05, 3.63) is 63.9 Å². The van der Waals surface area contributed by atoms with Crippen molar-refractivity contribution in [1.82, 2.24) is 5.32 Å². The van der Waals surface area contributed by atoms with E-state index in [0.29, 0.717) is 20.6 Å². The quantitative estimate of drug-likeness (QED) is 0.229. The highest BCUT2D eigenvalue weighted by Crippen LogP contribution is 2.46. The molecule has 37 heavy (non-hydrogen) atoms. The first-order valence-electron chi connectivity index (χ1n) is 11.7. The summed E-state index contributed by atoms with van der Waals surface area (Å²) >= 11 is 4.38. The number of nitrogens with one attached hydrogen (secondary N) is 3. The van der Waals surface area contributed by atoms with Crippen molar-refractivity contribution >= 4 is 56.5 Å². The Hall–Kier alpha value is -3.41. The van der Waals surface area contributed by atoms with Crippen LogP contribution in [0.2, 0.25) is 0 Å². The fraction of sp³-hybridized carbons (Fsp3) is 0.269. The molecule has 1 amide bonds.